The number of benzene rings is 1. The van der Waals surface area contributed by atoms with Gasteiger partial charge in [-0.2, -0.15) is 0 Å². The monoisotopic (exact) mass is 302 g/mol. The van der Waals surface area contributed by atoms with Gasteiger partial charge in [-0.3, -0.25) is 4.79 Å². The van der Waals surface area contributed by atoms with Crippen LogP contribution in [0.25, 0.3) is 11.2 Å². The number of halogens is 1. The van der Waals surface area contributed by atoms with Crippen molar-refractivity contribution in [1.29, 1.82) is 0 Å². The predicted molar refractivity (Wildman–Crippen MR) is 76.6 cm³/mol. The lowest BCUT2D eigenvalue weighted by atomic mass is 10.2. The third-order valence-electron chi connectivity index (χ3n) is 2.83. The lowest BCUT2D eigenvalue weighted by Gasteiger charge is -2.04. The molecule has 6 nitrogen and oxygen atoms in total. The fourth-order valence-corrected chi connectivity index (χ4v) is 2.07. The van der Waals surface area contributed by atoms with E-state index in [1.807, 2.05) is 30.3 Å². The molecule has 0 amide bonds. The Morgan fingerprint density at radius 3 is 2.86 bits per heavy atom. The number of hydrogen-bond acceptors (Lipinski definition) is 5. The largest absolute Gasteiger partial charge is 0.460 e. The summed E-state index contributed by atoms with van der Waals surface area (Å²) in [7, 11) is 0. The Hall–Kier alpha value is -2.47. The molecule has 0 spiro atoms. The Balaban J connectivity index is 1.66. The quantitative estimate of drug-likeness (QED) is 0.591. The molecule has 7 heteroatoms. The molecule has 3 aromatic rings. The smallest absolute Gasteiger partial charge is 0.313 e. The summed E-state index contributed by atoms with van der Waals surface area (Å²) >= 11 is 5.99. The summed E-state index contributed by atoms with van der Waals surface area (Å²) in [6.45, 7) is 0.220. The van der Waals surface area contributed by atoms with E-state index >= 15 is 0 Å². The zero-order chi connectivity index (χ0) is 14.7. The van der Waals surface area contributed by atoms with Gasteiger partial charge >= 0.3 is 5.97 Å². The Kier molecular flexibility index (Phi) is 3.79. The molecule has 0 aliphatic carbocycles. The maximum absolute atomic E-state index is 11.8. The highest BCUT2D eigenvalue weighted by Crippen LogP contribution is 2.16. The fraction of sp³-hybridized carbons (Fsp3) is 0.143. The Labute approximate surface area is 125 Å². The van der Waals surface area contributed by atoms with Crippen molar-refractivity contribution in [2.45, 2.75) is 13.0 Å². The molecule has 0 aliphatic heterocycles. The molecule has 0 saturated heterocycles. The first-order valence-corrected chi connectivity index (χ1v) is 6.65. The number of carbonyl (C=O) groups is 1. The van der Waals surface area contributed by atoms with Crippen LogP contribution in [0.1, 0.15) is 11.4 Å². The van der Waals surface area contributed by atoms with Crippen molar-refractivity contribution in [3.63, 3.8) is 0 Å². The Bertz CT molecular complexity index is 773. The van der Waals surface area contributed by atoms with Gasteiger partial charge in [-0.25, -0.2) is 15.0 Å². The summed E-state index contributed by atoms with van der Waals surface area (Å²) < 4.78 is 5.18. The summed E-state index contributed by atoms with van der Waals surface area (Å²) in [6, 6.07) is 9.45. The fourth-order valence-electron chi connectivity index (χ4n) is 1.84. The van der Waals surface area contributed by atoms with E-state index in [1.54, 1.807) is 0 Å². The van der Waals surface area contributed by atoms with Crippen LogP contribution in [0.4, 0.5) is 0 Å². The predicted octanol–water partition coefficient (Wildman–Crippen LogP) is 2.29. The van der Waals surface area contributed by atoms with Crippen LogP contribution in [0.15, 0.2) is 36.7 Å². The zero-order valence-corrected chi connectivity index (χ0v) is 11.7. The normalized spacial score (nSPS) is 10.7. The summed E-state index contributed by atoms with van der Waals surface area (Å²) in [5.74, 6) is -0.123. The minimum atomic E-state index is -0.412. The van der Waals surface area contributed by atoms with E-state index in [0.29, 0.717) is 11.2 Å². The van der Waals surface area contributed by atoms with Gasteiger partial charge in [0.1, 0.15) is 24.4 Å². The minimum absolute atomic E-state index is 0.0463. The van der Waals surface area contributed by atoms with Gasteiger partial charge in [0.05, 0.1) is 6.33 Å². The second-order valence-electron chi connectivity index (χ2n) is 4.35. The first-order valence-electron chi connectivity index (χ1n) is 6.27. The lowest BCUT2D eigenvalue weighted by Crippen LogP contribution is -2.10. The SMILES string of the molecule is O=C(Cc1nc(Cl)c2[nH]cnc2n1)OCc1ccccc1. The van der Waals surface area contributed by atoms with Gasteiger partial charge < -0.3 is 9.72 Å². The number of hydrogen-bond donors (Lipinski definition) is 1. The number of aromatic nitrogens is 4. The van der Waals surface area contributed by atoms with Gasteiger partial charge in [0.25, 0.3) is 0 Å². The number of nitrogens with zero attached hydrogens (tertiary/aromatic N) is 3. The molecule has 0 atom stereocenters. The first kappa shape index (κ1) is 13.5. The van der Waals surface area contributed by atoms with E-state index in [-0.39, 0.29) is 24.0 Å². The second kappa shape index (κ2) is 5.88. The topological polar surface area (TPSA) is 80.8 Å². The highest BCUT2D eigenvalue weighted by molar-refractivity contribution is 6.33. The second-order valence-corrected chi connectivity index (χ2v) is 4.71. The number of carbonyl (C=O) groups excluding carboxylic acids is 1. The van der Waals surface area contributed by atoms with Crippen LogP contribution in [-0.2, 0) is 22.6 Å². The molecule has 0 bridgehead atoms. The van der Waals surface area contributed by atoms with Gasteiger partial charge in [0.2, 0.25) is 0 Å². The van der Waals surface area contributed by atoms with Crippen LogP contribution in [0.3, 0.4) is 0 Å². The lowest BCUT2D eigenvalue weighted by molar-refractivity contribution is -0.144. The molecule has 21 heavy (non-hydrogen) atoms. The maximum Gasteiger partial charge on any atom is 0.313 e. The number of nitrogens with one attached hydrogen (secondary N) is 1. The van der Waals surface area contributed by atoms with Crippen LogP contribution in [0, 0.1) is 0 Å². The van der Waals surface area contributed by atoms with E-state index < -0.39 is 5.97 Å². The van der Waals surface area contributed by atoms with Gasteiger partial charge in [-0.1, -0.05) is 41.9 Å². The van der Waals surface area contributed by atoms with Crippen LogP contribution >= 0.6 is 11.6 Å². The highest BCUT2D eigenvalue weighted by atomic mass is 35.5. The number of aromatic amines is 1. The molecule has 2 aromatic heterocycles. The number of fused-ring (bicyclic) bond motifs is 1. The van der Waals surface area contributed by atoms with Gasteiger partial charge in [0.15, 0.2) is 10.8 Å². The number of H-pyrrole nitrogens is 1. The molecule has 0 fully saturated rings. The third kappa shape index (κ3) is 3.17. The van der Waals surface area contributed by atoms with Crippen molar-refractivity contribution in [3.05, 3.63) is 53.2 Å². The average Bonchev–Trinajstić information content (AvgIpc) is 2.95. The zero-order valence-electron chi connectivity index (χ0n) is 10.9. The summed E-state index contributed by atoms with van der Waals surface area (Å²) in [5.41, 5.74) is 1.91. The summed E-state index contributed by atoms with van der Waals surface area (Å²) in [4.78, 5) is 26.8. The molecule has 3 rings (SSSR count). The number of esters is 1. The first-order chi connectivity index (χ1) is 10.2. The van der Waals surface area contributed by atoms with Crippen molar-refractivity contribution in [1.82, 2.24) is 19.9 Å². The van der Waals surface area contributed by atoms with Crippen molar-refractivity contribution in [2.24, 2.45) is 0 Å². The Morgan fingerprint density at radius 1 is 1.24 bits per heavy atom. The molecule has 0 radical (unpaired) electrons. The number of ether oxygens (including phenoxy) is 1. The summed E-state index contributed by atoms with van der Waals surface area (Å²) in [6.07, 6.45) is 1.43. The van der Waals surface area contributed by atoms with Gasteiger partial charge in [-0.15, -0.1) is 0 Å². The van der Waals surface area contributed by atoms with Gasteiger partial charge in [-0.05, 0) is 5.56 Å². The van der Waals surface area contributed by atoms with Gasteiger partial charge in [0, 0.05) is 0 Å². The standard InChI is InChI=1S/C14H11ClN4O2/c15-13-12-14(17-8-16-12)19-10(18-13)6-11(20)21-7-9-4-2-1-3-5-9/h1-5,8H,6-7H2,(H,16,17,18,19). The van der Waals surface area contributed by atoms with Crippen LogP contribution in [0.2, 0.25) is 5.15 Å². The summed E-state index contributed by atoms with van der Waals surface area (Å²) in [5, 5.41) is 0.239. The molecule has 1 N–H and O–H groups in total. The molecule has 2 heterocycles. The molecule has 0 unspecified atom stereocenters. The Morgan fingerprint density at radius 2 is 2.05 bits per heavy atom. The van der Waals surface area contributed by atoms with E-state index in [4.69, 9.17) is 16.3 Å². The number of imidazole rings is 1. The molecule has 0 saturated carbocycles. The highest BCUT2D eigenvalue weighted by Gasteiger charge is 2.12. The third-order valence-corrected chi connectivity index (χ3v) is 3.11. The minimum Gasteiger partial charge on any atom is -0.460 e. The molecule has 0 aliphatic rings. The maximum atomic E-state index is 11.8. The van der Waals surface area contributed by atoms with Crippen LogP contribution < -0.4 is 0 Å². The van der Waals surface area contributed by atoms with E-state index in [9.17, 15) is 4.79 Å². The van der Waals surface area contributed by atoms with E-state index in [1.165, 1.54) is 6.33 Å². The van der Waals surface area contributed by atoms with Crippen molar-refractivity contribution in [2.75, 3.05) is 0 Å². The number of rotatable bonds is 4. The van der Waals surface area contributed by atoms with Crippen LogP contribution in [0.5, 0.6) is 0 Å². The van der Waals surface area contributed by atoms with Crippen molar-refractivity contribution < 1.29 is 9.53 Å². The molecule has 106 valence electrons. The average molecular weight is 303 g/mol. The molecule has 1 aromatic carbocycles. The van der Waals surface area contributed by atoms with Crippen molar-refractivity contribution in [3.8, 4) is 0 Å². The van der Waals surface area contributed by atoms with Crippen molar-refractivity contribution >= 4 is 28.7 Å². The molecular weight excluding hydrogens is 292 g/mol. The van der Waals surface area contributed by atoms with E-state index in [0.717, 1.165) is 5.56 Å². The van der Waals surface area contributed by atoms with E-state index in [2.05, 4.69) is 19.9 Å². The van der Waals surface area contributed by atoms with Crippen LogP contribution in [-0.4, -0.2) is 25.9 Å². The molecular formula is C14H11ClN4O2.